The molecule has 37 heavy (non-hydrogen) atoms. The lowest BCUT2D eigenvalue weighted by Crippen LogP contribution is -2.53. The number of rotatable bonds is 7. The van der Waals surface area contributed by atoms with E-state index >= 15 is 0 Å². The molecule has 2 saturated heterocycles. The molecule has 0 saturated carbocycles. The van der Waals surface area contributed by atoms with Crippen LogP contribution in [0.2, 0.25) is 10.0 Å². The second-order valence-corrected chi connectivity index (χ2v) is 10.7. The van der Waals surface area contributed by atoms with Crippen molar-refractivity contribution in [1.29, 1.82) is 0 Å². The molecule has 0 radical (unpaired) electrons. The van der Waals surface area contributed by atoms with Crippen LogP contribution in [0.5, 0.6) is 0 Å². The van der Waals surface area contributed by atoms with Crippen LogP contribution in [0.1, 0.15) is 21.5 Å². The molecule has 2 N–H and O–H groups in total. The maximum Gasteiger partial charge on any atom is 0.256 e. The number of amides is 1. The van der Waals surface area contributed by atoms with Crippen LogP contribution in [0.3, 0.4) is 0 Å². The first-order valence-electron chi connectivity index (χ1n) is 12.7. The van der Waals surface area contributed by atoms with Gasteiger partial charge in [0, 0.05) is 68.1 Å². The van der Waals surface area contributed by atoms with E-state index in [1.165, 1.54) is 5.56 Å². The minimum atomic E-state index is -0.570. The molecule has 3 aromatic rings. The van der Waals surface area contributed by atoms with Crippen molar-refractivity contribution >= 4 is 34.8 Å². The molecule has 2 unspecified atom stereocenters. The minimum Gasteiger partial charge on any atom is -0.390 e. The number of aliphatic hydroxyl groups excluding tert-OH is 1. The van der Waals surface area contributed by atoms with Gasteiger partial charge in [0.25, 0.3) is 5.91 Å². The Bertz CT molecular complexity index is 1200. The van der Waals surface area contributed by atoms with Crippen LogP contribution >= 0.6 is 23.2 Å². The Labute approximate surface area is 228 Å². The topological polar surface area (TPSA) is 59.1 Å². The summed E-state index contributed by atoms with van der Waals surface area (Å²) in [5.41, 5.74) is 3.64. The lowest BCUT2D eigenvalue weighted by Gasteiger charge is -2.38. The van der Waals surface area contributed by atoms with E-state index in [4.69, 9.17) is 23.2 Å². The molecule has 6 nitrogen and oxygen atoms in total. The third-order valence-electron chi connectivity index (χ3n) is 7.28. The Kier molecular flexibility index (Phi) is 8.33. The van der Waals surface area contributed by atoms with E-state index in [1.54, 1.807) is 23.1 Å². The smallest absolute Gasteiger partial charge is 0.256 e. The Morgan fingerprint density at radius 1 is 0.865 bits per heavy atom. The van der Waals surface area contributed by atoms with Gasteiger partial charge in [0.15, 0.2) is 0 Å². The van der Waals surface area contributed by atoms with Crippen molar-refractivity contribution in [2.75, 3.05) is 44.6 Å². The summed E-state index contributed by atoms with van der Waals surface area (Å²) in [4.78, 5) is 20.1. The number of hydrogen-bond donors (Lipinski definition) is 2. The number of nitrogens with zero attached hydrogens (tertiary/aromatic N) is 3. The number of nitrogens with one attached hydrogen (secondary N) is 1. The second kappa shape index (κ2) is 11.8. The predicted molar refractivity (Wildman–Crippen MR) is 149 cm³/mol. The van der Waals surface area contributed by atoms with Gasteiger partial charge in [0.05, 0.1) is 17.7 Å². The van der Waals surface area contributed by atoms with Gasteiger partial charge in [0.1, 0.15) is 0 Å². The van der Waals surface area contributed by atoms with Crippen molar-refractivity contribution in [2.45, 2.75) is 25.2 Å². The lowest BCUT2D eigenvalue weighted by atomic mass is 10.1. The largest absolute Gasteiger partial charge is 0.390 e. The number of benzene rings is 3. The van der Waals surface area contributed by atoms with E-state index in [2.05, 4.69) is 27.2 Å². The Morgan fingerprint density at radius 2 is 1.57 bits per heavy atom. The summed E-state index contributed by atoms with van der Waals surface area (Å²) in [6.07, 6.45) is -0.570. The molecular weight excluding hydrogens is 507 g/mol. The number of halogens is 2. The summed E-state index contributed by atoms with van der Waals surface area (Å²) >= 11 is 12.3. The van der Waals surface area contributed by atoms with Crippen LogP contribution in [-0.4, -0.2) is 77.1 Å². The Morgan fingerprint density at radius 3 is 2.30 bits per heavy atom. The predicted octanol–water partition coefficient (Wildman–Crippen LogP) is 4.61. The first kappa shape index (κ1) is 26.0. The van der Waals surface area contributed by atoms with Crippen LogP contribution in [0.4, 0.5) is 5.69 Å². The van der Waals surface area contributed by atoms with Gasteiger partial charge in [-0.2, -0.15) is 0 Å². The van der Waals surface area contributed by atoms with E-state index in [9.17, 15) is 9.90 Å². The number of carbonyl (C=O) groups is 1. The summed E-state index contributed by atoms with van der Waals surface area (Å²) in [6, 6.07) is 23.3. The first-order chi connectivity index (χ1) is 18.0. The van der Waals surface area contributed by atoms with Crippen molar-refractivity contribution in [1.82, 2.24) is 14.7 Å². The van der Waals surface area contributed by atoms with Gasteiger partial charge in [-0.1, -0.05) is 65.7 Å². The fourth-order valence-corrected chi connectivity index (χ4v) is 5.51. The van der Waals surface area contributed by atoms with E-state index in [0.29, 0.717) is 35.9 Å². The molecule has 2 atom stereocenters. The highest BCUT2D eigenvalue weighted by molar-refractivity contribution is 6.31. The third-order valence-corrected chi connectivity index (χ3v) is 7.77. The number of piperazine rings is 1. The van der Waals surface area contributed by atoms with Gasteiger partial charge < -0.3 is 15.3 Å². The Hall–Kier alpha value is -2.61. The molecule has 0 aromatic heterocycles. The minimum absolute atomic E-state index is 0.0605. The highest BCUT2D eigenvalue weighted by Gasteiger charge is 2.39. The van der Waals surface area contributed by atoms with Gasteiger partial charge in [-0.25, -0.2) is 0 Å². The zero-order chi connectivity index (χ0) is 25.8. The summed E-state index contributed by atoms with van der Waals surface area (Å²) in [5, 5.41) is 15.6. The quantitative estimate of drug-likeness (QED) is 0.460. The molecule has 0 spiro atoms. The zero-order valence-corrected chi connectivity index (χ0v) is 22.2. The number of aliphatic hydroxyl groups is 1. The van der Waals surface area contributed by atoms with Gasteiger partial charge >= 0.3 is 0 Å². The van der Waals surface area contributed by atoms with Crippen molar-refractivity contribution in [3.8, 4) is 0 Å². The molecular formula is C29H32Cl2N4O2. The second-order valence-electron chi connectivity index (χ2n) is 9.81. The molecule has 2 aliphatic rings. The molecule has 3 aromatic carbocycles. The van der Waals surface area contributed by atoms with Gasteiger partial charge in [-0.3, -0.25) is 14.6 Å². The monoisotopic (exact) mass is 538 g/mol. The van der Waals surface area contributed by atoms with Crippen molar-refractivity contribution in [2.24, 2.45) is 0 Å². The van der Waals surface area contributed by atoms with Crippen molar-refractivity contribution in [3.63, 3.8) is 0 Å². The summed E-state index contributed by atoms with van der Waals surface area (Å²) in [5.74, 6) is -0.0878. The summed E-state index contributed by atoms with van der Waals surface area (Å²) in [6.45, 7) is 5.89. The first-order valence-corrected chi connectivity index (χ1v) is 13.5. The maximum absolute atomic E-state index is 13.5. The fourth-order valence-electron chi connectivity index (χ4n) is 5.21. The molecule has 2 fully saturated rings. The van der Waals surface area contributed by atoms with Crippen LogP contribution in [0.25, 0.3) is 0 Å². The lowest BCUT2D eigenvalue weighted by molar-refractivity contribution is 0.0423. The van der Waals surface area contributed by atoms with Crippen molar-refractivity contribution < 1.29 is 9.90 Å². The van der Waals surface area contributed by atoms with E-state index in [0.717, 1.165) is 43.3 Å². The number of anilines is 1. The zero-order valence-electron chi connectivity index (χ0n) is 20.7. The van der Waals surface area contributed by atoms with Crippen molar-refractivity contribution in [3.05, 3.63) is 99.5 Å². The standard InChI is InChI=1S/C29H32Cl2N4O2/c30-23-8-6-22(7-9-23)18-33-12-14-34(15-13-33)27-19-35(20-28(27)36)29(37)25-11-10-24(31)16-26(25)32-17-21-4-2-1-3-5-21/h1-11,16,27-28,32,36H,12-15,17-20H2. The molecule has 2 heterocycles. The summed E-state index contributed by atoms with van der Waals surface area (Å²) < 4.78 is 0. The number of likely N-dealkylation sites (tertiary alicyclic amines) is 1. The van der Waals surface area contributed by atoms with Crippen LogP contribution < -0.4 is 5.32 Å². The molecule has 0 bridgehead atoms. The maximum atomic E-state index is 13.5. The molecule has 0 aliphatic carbocycles. The fraction of sp³-hybridized carbons (Fsp3) is 0.345. The highest BCUT2D eigenvalue weighted by Crippen LogP contribution is 2.27. The third kappa shape index (κ3) is 6.46. The average Bonchev–Trinajstić information content (AvgIpc) is 3.31. The van der Waals surface area contributed by atoms with E-state index < -0.39 is 6.10 Å². The van der Waals surface area contributed by atoms with Crippen LogP contribution in [0, 0.1) is 0 Å². The average molecular weight is 540 g/mol. The molecule has 8 heteroatoms. The molecule has 5 rings (SSSR count). The molecule has 1 amide bonds. The normalized spacial score (nSPS) is 20.8. The van der Waals surface area contributed by atoms with Gasteiger partial charge in [-0.05, 0) is 41.5 Å². The van der Waals surface area contributed by atoms with E-state index in [1.807, 2.05) is 42.5 Å². The number of hydrogen-bond acceptors (Lipinski definition) is 5. The Balaban J connectivity index is 1.19. The summed E-state index contributed by atoms with van der Waals surface area (Å²) in [7, 11) is 0. The van der Waals surface area contributed by atoms with Crippen LogP contribution in [-0.2, 0) is 13.1 Å². The van der Waals surface area contributed by atoms with Crippen LogP contribution in [0.15, 0.2) is 72.8 Å². The van der Waals surface area contributed by atoms with E-state index in [-0.39, 0.29) is 11.9 Å². The number of carbonyl (C=O) groups excluding carboxylic acids is 1. The van der Waals surface area contributed by atoms with Gasteiger partial charge in [-0.15, -0.1) is 0 Å². The highest BCUT2D eigenvalue weighted by atomic mass is 35.5. The van der Waals surface area contributed by atoms with Gasteiger partial charge in [0.2, 0.25) is 0 Å². The number of β-amino-alcohol motifs (C(OH)–C–C–N with tert-alkyl or cyclic N) is 1. The molecule has 194 valence electrons. The SMILES string of the molecule is O=C(c1ccc(Cl)cc1NCc1ccccc1)N1CC(O)C(N2CCN(Cc3ccc(Cl)cc3)CC2)C1. The molecule has 2 aliphatic heterocycles.